The quantitative estimate of drug-likeness (QED) is 0.751. The summed E-state index contributed by atoms with van der Waals surface area (Å²) < 4.78 is 5.40. The molecule has 0 fully saturated rings. The van der Waals surface area contributed by atoms with Crippen LogP contribution in [0.2, 0.25) is 0 Å². The summed E-state index contributed by atoms with van der Waals surface area (Å²) in [5.74, 6) is 0.724. The summed E-state index contributed by atoms with van der Waals surface area (Å²) >= 11 is 0. The molecular weight excluding hydrogens is 324 g/mol. The summed E-state index contributed by atoms with van der Waals surface area (Å²) in [6.07, 6.45) is 4.67. The van der Waals surface area contributed by atoms with Crippen molar-refractivity contribution in [3.05, 3.63) is 88.8 Å². The van der Waals surface area contributed by atoms with Crippen LogP contribution < -0.4 is 5.32 Å². The van der Waals surface area contributed by atoms with Crippen molar-refractivity contribution in [3.63, 3.8) is 0 Å². The number of fused-ring (bicyclic) bond motifs is 1. The fraction of sp³-hybridized carbons (Fsp3) is 0.273. The molecule has 4 heteroatoms. The molecule has 0 saturated carbocycles. The van der Waals surface area contributed by atoms with Crippen LogP contribution in [0.25, 0.3) is 0 Å². The van der Waals surface area contributed by atoms with Gasteiger partial charge in [-0.15, -0.1) is 0 Å². The molecule has 1 atom stereocenters. The van der Waals surface area contributed by atoms with Gasteiger partial charge in [0.2, 0.25) is 0 Å². The number of nitrogens with one attached hydrogen (secondary N) is 1. The van der Waals surface area contributed by atoms with Crippen molar-refractivity contribution in [2.45, 2.75) is 38.1 Å². The minimum Gasteiger partial charge on any atom is -0.360 e. The zero-order valence-corrected chi connectivity index (χ0v) is 14.7. The van der Waals surface area contributed by atoms with Gasteiger partial charge in [0, 0.05) is 12.0 Å². The molecule has 1 amide bonds. The number of benzene rings is 2. The lowest BCUT2D eigenvalue weighted by Crippen LogP contribution is -2.31. The second kappa shape index (κ2) is 7.56. The van der Waals surface area contributed by atoms with Crippen LogP contribution in [0, 0.1) is 0 Å². The number of rotatable bonds is 5. The Morgan fingerprint density at radius 2 is 1.69 bits per heavy atom. The monoisotopic (exact) mass is 346 g/mol. The first-order valence-corrected chi connectivity index (χ1v) is 9.18. The van der Waals surface area contributed by atoms with Gasteiger partial charge in [-0.05, 0) is 36.8 Å². The van der Waals surface area contributed by atoms with Crippen molar-refractivity contribution in [1.82, 2.24) is 10.5 Å². The van der Waals surface area contributed by atoms with Crippen LogP contribution in [-0.4, -0.2) is 11.1 Å². The van der Waals surface area contributed by atoms with E-state index in [4.69, 9.17) is 4.52 Å². The van der Waals surface area contributed by atoms with Crippen LogP contribution in [0.15, 0.2) is 65.2 Å². The molecule has 3 aromatic rings. The molecule has 0 aliphatic heterocycles. The smallest absolute Gasteiger partial charge is 0.274 e. The van der Waals surface area contributed by atoms with E-state index in [1.165, 1.54) is 5.56 Å². The summed E-state index contributed by atoms with van der Waals surface area (Å²) in [5, 5.41) is 7.24. The van der Waals surface area contributed by atoms with Crippen molar-refractivity contribution in [2.75, 3.05) is 0 Å². The molecule has 4 nitrogen and oxygen atoms in total. The predicted octanol–water partition coefficient (Wildman–Crippen LogP) is 4.27. The minimum atomic E-state index is -0.151. The zero-order chi connectivity index (χ0) is 17.8. The largest absolute Gasteiger partial charge is 0.360 e. The molecule has 1 heterocycles. The third-order valence-corrected chi connectivity index (χ3v) is 4.96. The highest BCUT2D eigenvalue weighted by Crippen LogP contribution is 2.25. The predicted molar refractivity (Wildman–Crippen MR) is 99.9 cm³/mol. The maximum atomic E-state index is 12.9. The summed E-state index contributed by atoms with van der Waals surface area (Å²) in [6.45, 7) is 0. The maximum Gasteiger partial charge on any atom is 0.274 e. The van der Waals surface area contributed by atoms with Crippen molar-refractivity contribution < 1.29 is 9.32 Å². The highest BCUT2D eigenvalue weighted by molar-refractivity contribution is 5.94. The Balaban J connectivity index is 1.58. The van der Waals surface area contributed by atoms with Gasteiger partial charge >= 0.3 is 0 Å². The Labute approximate surface area is 153 Å². The summed E-state index contributed by atoms with van der Waals surface area (Å²) in [7, 11) is 0. The number of aryl methyl sites for hydroxylation is 1. The van der Waals surface area contributed by atoms with Crippen molar-refractivity contribution in [3.8, 4) is 0 Å². The number of hydrogen-bond acceptors (Lipinski definition) is 3. The van der Waals surface area contributed by atoms with E-state index in [9.17, 15) is 4.79 Å². The lowest BCUT2D eigenvalue weighted by molar-refractivity contribution is 0.0926. The van der Waals surface area contributed by atoms with Gasteiger partial charge in [0.25, 0.3) is 5.91 Å². The third-order valence-electron chi connectivity index (χ3n) is 4.96. The highest BCUT2D eigenvalue weighted by Gasteiger charge is 2.26. The van der Waals surface area contributed by atoms with Gasteiger partial charge < -0.3 is 9.84 Å². The van der Waals surface area contributed by atoms with Gasteiger partial charge in [0.1, 0.15) is 5.76 Å². The fourth-order valence-electron chi connectivity index (χ4n) is 3.58. The van der Waals surface area contributed by atoms with Gasteiger partial charge in [-0.1, -0.05) is 65.8 Å². The van der Waals surface area contributed by atoms with E-state index in [2.05, 4.69) is 22.6 Å². The molecule has 0 radical (unpaired) electrons. The van der Waals surface area contributed by atoms with E-state index >= 15 is 0 Å². The Morgan fingerprint density at radius 3 is 2.46 bits per heavy atom. The Hall–Kier alpha value is -2.88. The first-order valence-electron chi connectivity index (χ1n) is 9.18. The molecule has 4 rings (SSSR count). The van der Waals surface area contributed by atoms with Gasteiger partial charge in [-0.3, -0.25) is 4.79 Å². The van der Waals surface area contributed by atoms with Crippen molar-refractivity contribution >= 4 is 5.91 Å². The molecular formula is C22H22N2O2. The Kier molecular flexibility index (Phi) is 4.82. The average molecular weight is 346 g/mol. The molecule has 0 saturated heterocycles. The molecule has 2 aromatic carbocycles. The number of amides is 1. The van der Waals surface area contributed by atoms with E-state index in [0.717, 1.165) is 49.0 Å². The van der Waals surface area contributed by atoms with E-state index in [1.807, 2.05) is 48.5 Å². The second-order valence-corrected chi connectivity index (χ2v) is 6.77. The average Bonchev–Trinajstić information content (AvgIpc) is 3.13. The van der Waals surface area contributed by atoms with Crippen LogP contribution in [-0.2, 0) is 19.3 Å². The Bertz CT molecular complexity index is 872. The molecule has 1 aliphatic carbocycles. The number of hydrogen-bond donors (Lipinski definition) is 1. The van der Waals surface area contributed by atoms with Crippen LogP contribution >= 0.6 is 0 Å². The molecule has 1 N–H and O–H groups in total. The van der Waals surface area contributed by atoms with Gasteiger partial charge in [-0.2, -0.15) is 0 Å². The first-order chi connectivity index (χ1) is 12.8. The number of nitrogens with zero attached hydrogens (tertiary/aromatic N) is 1. The molecule has 1 aliphatic rings. The zero-order valence-electron chi connectivity index (χ0n) is 14.7. The third kappa shape index (κ3) is 3.54. The van der Waals surface area contributed by atoms with E-state index in [-0.39, 0.29) is 11.9 Å². The number of carbonyl (C=O) groups excluding carboxylic acids is 1. The summed E-state index contributed by atoms with van der Waals surface area (Å²) in [5.41, 5.74) is 3.71. The molecule has 132 valence electrons. The highest BCUT2D eigenvalue weighted by atomic mass is 16.5. The standard InChI is InChI=1S/C22H22N2O2/c25-22(21-18-13-7-8-14-20(18)26-24-21)23-19(17-11-5-2-6-12-17)15-16-9-3-1-4-10-16/h1-6,9-12,19H,7-8,13-15H2,(H,23,25)/t19-/m1/s1. The molecule has 0 bridgehead atoms. The van der Waals surface area contributed by atoms with Crippen molar-refractivity contribution in [1.29, 1.82) is 0 Å². The topological polar surface area (TPSA) is 55.1 Å². The van der Waals surface area contributed by atoms with Crippen molar-refractivity contribution in [2.24, 2.45) is 0 Å². The summed E-state index contributed by atoms with van der Waals surface area (Å²) in [4.78, 5) is 12.9. The summed E-state index contributed by atoms with van der Waals surface area (Å²) in [6, 6.07) is 20.2. The van der Waals surface area contributed by atoms with Gasteiger partial charge in [-0.25, -0.2) is 0 Å². The maximum absolute atomic E-state index is 12.9. The second-order valence-electron chi connectivity index (χ2n) is 6.77. The lowest BCUT2D eigenvalue weighted by Gasteiger charge is -2.19. The van der Waals surface area contributed by atoms with Crippen LogP contribution in [0.1, 0.15) is 51.8 Å². The number of aromatic nitrogens is 1. The van der Waals surface area contributed by atoms with Crippen LogP contribution in [0.4, 0.5) is 0 Å². The normalized spacial score (nSPS) is 14.5. The lowest BCUT2D eigenvalue weighted by atomic mass is 9.95. The molecule has 26 heavy (non-hydrogen) atoms. The van der Waals surface area contributed by atoms with E-state index < -0.39 is 0 Å². The van der Waals surface area contributed by atoms with Crippen LogP contribution in [0.5, 0.6) is 0 Å². The fourth-order valence-corrected chi connectivity index (χ4v) is 3.58. The van der Waals surface area contributed by atoms with Gasteiger partial charge in [0.05, 0.1) is 6.04 Å². The van der Waals surface area contributed by atoms with E-state index in [1.54, 1.807) is 0 Å². The SMILES string of the molecule is O=C(N[C@H](Cc1ccccc1)c1ccccc1)c1noc2c1CCCC2. The molecule has 1 aromatic heterocycles. The van der Waals surface area contributed by atoms with E-state index in [0.29, 0.717) is 5.69 Å². The molecule has 0 spiro atoms. The van der Waals surface area contributed by atoms with Gasteiger partial charge in [0.15, 0.2) is 5.69 Å². The Morgan fingerprint density at radius 1 is 1.00 bits per heavy atom. The minimum absolute atomic E-state index is 0.109. The number of carbonyl (C=O) groups is 1. The first kappa shape index (κ1) is 16.6. The molecule has 0 unspecified atom stereocenters. The van der Waals surface area contributed by atoms with Crippen LogP contribution in [0.3, 0.4) is 0 Å².